The molecule has 2 heterocycles. The first-order valence-corrected chi connectivity index (χ1v) is 8.48. The fraction of sp³-hybridized carbons (Fsp3) is 0.143. The van der Waals surface area contributed by atoms with Crippen LogP contribution in [0.25, 0.3) is 21.8 Å². The number of benzene rings is 2. The summed E-state index contributed by atoms with van der Waals surface area (Å²) < 4.78 is 11.1. The molecular weight excluding hydrogens is 328 g/mol. The Hall–Kier alpha value is -3.34. The smallest absolute Gasteiger partial charge is 0.357 e. The molecule has 130 valence electrons. The fourth-order valence-corrected chi connectivity index (χ4v) is 3.13. The molecule has 0 saturated heterocycles. The average Bonchev–Trinajstić information content (AvgIpc) is 3.01. The van der Waals surface area contributed by atoms with Crippen molar-refractivity contribution in [1.82, 2.24) is 9.97 Å². The Morgan fingerprint density at radius 1 is 1.08 bits per heavy atom. The first-order chi connectivity index (χ1) is 12.7. The number of nitrogens with zero attached hydrogens (tertiary/aromatic N) is 1. The van der Waals surface area contributed by atoms with Gasteiger partial charge in [0.15, 0.2) is 5.69 Å². The number of hydrogen-bond acceptors (Lipinski definition) is 4. The number of pyridine rings is 1. The third-order valence-electron chi connectivity index (χ3n) is 4.30. The quantitative estimate of drug-likeness (QED) is 0.529. The van der Waals surface area contributed by atoms with Crippen LogP contribution in [0.5, 0.6) is 11.5 Å². The number of aromatic amines is 1. The SMILES string of the molecule is CCOC(=O)c1ncc2[nH]c3ccc(Oc4ccccc4)cc3c2c1C. The van der Waals surface area contributed by atoms with Crippen LogP contribution in [-0.2, 0) is 4.74 Å². The predicted molar refractivity (Wildman–Crippen MR) is 101 cm³/mol. The first-order valence-electron chi connectivity index (χ1n) is 8.48. The van der Waals surface area contributed by atoms with E-state index in [1.54, 1.807) is 13.1 Å². The molecule has 0 unspecified atom stereocenters. The van der Waals surface area contributed by atoms with E-state index in [-0.39, 0.29) is 0 Å². The van der Waals surface area contributed by atoms with Crippen molar-refractivity contribution in [2.75, 3.05) is 6.61 Å². The third-order valence-corrected chi connectivity index (χ3v) is 4.30. The Labute approximate surface area is 150 Å². The van der Waals surface area contributed by atoms with Crippen LogP contribution in [-0.4, -0.2) is 22.5 Å². The van der Waals surface area contributed by atoms with Gasteiger partial charge in [-0.2, -0.15) is 0 Å². The van der Waals surface area contributed by atoms with Crippen LogP contribution in [0.1, 0.15) is 23.0 Å². The number of para-hydroxylation sites is 1. The highest BCUT2D eigenvalue weighted by Gasteiger charge is 2.17. The highest BCUT2D eigenvalue weighted by Crippen LogP contribution is 2.33. The molecule has 0 aliphatic rings. The average molecular weight is 346 g/mol. The fourth-order valence-electron chi connectivity index (χ4n) is 3.13. The van der Waals surface area contributed by atoms with Gasteiger partial charge in [-0.05, 0) is 49.7 Å². The molecule has 0 amide bonds. The van der Waals surface area contributed by atoms with Gasteiger partial charge < -0.3 is 14.5 Å². The lowest BCUT2D eigenvalue weighted by atomic mass is 10.1. The van der Waals surface area contributed by atoms with Crippen molar-refractivity contribution in [2.24, 2.45) is 0 Å². The maximum absolute atomic E-state index is 12.2. The number of ether oxygens (including phenoxy) is 2. The molecule has 0 saturated carbocycles. The largest absolute Gasteiger partial charge is 0.461 e. The van der Waals surface area contributed by atoms with Crippen molar-refractivity contribution in [3.8, 4) is 11.5 Å². The molecular formula is C21H18N2O3. The topological polar surface area (TPSA) is 64.2 Å². The van der Waals surface area contributed by atoms with E-state index in [1.165, 1.54) is 0 Å². The normalized spacial score (nSPS) is 11.0. The molecule has 0 spiro atoms. The third kappa shape index (κ3) is 2.77. The summed E-state index contributed by atoms with van der Waals surface area (Å²) in [5, 5.41) is 1.94. The zero-order chi connectivity index (χ0) is 18.1. The van der Waals surface area contributed by atoms with Crippen LogP contribution >= 0.6 is 0 Å². The van der Waals surface area contributed by atoms with Crippen molar-refractivity contribution < 1.29 is 14.3 Å². The second kappa shape index (κ2) is 6.52. The van der Waals surface area contributed by atoms with Gasteiger partial charge >= 0.3 is 5.97 Å². The molecule has 2 aromatic heterocycles. The lowest BCUT2D eigenvalue weighted by molar-refractivity contribution is 0.0519. The van der Waals surface area contributed by atoms with Crippen molar-refractivity contribution in [3.63, 3.8) is 0 Å². The van der Waals surface area contributed by atoms with Gasteiger partial charge in [-0.1, -0.05) is 18.2 Å². The number of hydrogen-bond donors (Lipinski definition) is 1. The minimum absolute atomic E-state index is 0.320. The van der Waals surface area contributed by atoms with E-state index < -0.39 is 5.97 Å². The van der Waals surface area contributed by atoms with Crippen molar-refractivity contribution >= 4 is 27.8 Å². The Morgan fingerprint density at radius 2 is 1.88 bits per heavy atom. The van der Waals surface area contributed by atoms with Crippen LogP contribution in [0.2, 0.25) is 0 Å². The molecule has 1 N–H and O–H groups in total. The van der Waals surface area contributed by atoms with Gasteiger partial charge in [0.25, 0.3) is 0 Å². The van der Waals surface area contributed by atoms with Crippen LogP contribution in [0.4, 0.5) is 0 Å². The summed E-state index contributed by atoms with van der Waals surface area (Å²) in [7, 11) is 0. The molecule has 5 nitrogen and oxygen atoms in total. The van der Waals surface area contributed by atoms with Crippen LogP contribution < -0.4 is 4.74 Å². The maximum Gasteiger partial charge on any atom is 0.357 e. The summed E-state index contributed by atoms with van der Waals surface area (Å²) in [4.78, 5) is 19.8. The molecule has 0 aliphatic heterocycles. The van der Waals surface area contributed by atoms with Crippen LogP contribution in [0.15, 0.2) is 54.7 Å². The second-order valence-corrected chi connectivity index (χ2v) is 5.99. The summed E-state index contributed by atoms with van der Waals surface area (Å²) in [6.07, 6.45) is 1.67. The number of rotatable bonds is 4. The number of H-pyrrole nitrogens is 1. The Bertz CT molecular complexity index is 1100. The predicted octanol–water partition coefficient (Wildman–Crippen LogP) is 4.99. The summed E-state index contributed by atoms with van der Waals surface area (Å²) in [6, 6.07) is 15.5. The van der Waals surface area contributed by atoms with E-state index in [2.05, 4.69) is 9.97 Å². The number of aromatic nitrogens is 2. The van der Waals surface area contributed by atoms with Gasteiger partial charge in [0, 0.05) is 16.3 Å². The van der Waals surface area contributed by atoms with Crippen molar-refractivity contribution in [3.05, 3.63) is 66.0 Å². The number of aryl methyl sites for hydroxylation is 1. The highest BCUT2D eigenvalue weighted by atomic mass is 16.5. The monoisotopic (exact) mass is 346 g/mol. The number of carbonyl (C=O) groups excluding carboxylic acids is 1. The van der Waals surface area contributed by atoms with E-state index in [0.717, 1.165) is 38.9 Å². The lowest BCUT2D eigenvalue weighted by Crippen LogP contribution is -2.09. The Kier molecular flexibility index (Phi) is 4.05. The summed E-state index contributed by atoms with van der Waals surface area (Å²) >= 11 is 0. The highest BCUT2D eigenvalue weighted by molar-refractivity contribution is 6.11. The minimum atomic E-state index is -0.405. The summed E-state index contributed by atoms with van der Waals surface area (Å²) in [6.45, 7) is 3.99. The molecule has 0 radical (unpaired) electrons. The molecule has 26 heavy (non-hydrogen) atoms. The van der Waals surface area contributed by atoms with E-state index in [4.69, 9.17) is 9.47 Å². The zero-order valence-corrected chi connectivity index (χ0v) is 14.6. The van der Waals surface area contributed by atoms with Gasteiger partial charge in [-0.15, -0.1) is 0 Å². The van der Waals surface area contributed by atoms with Crippen LogP contribution in [0.3, 0.4) is 0 Å². The summed E-state index contributed by atoms with van der Waals surface area (Å²) in [5.41, 5.74) is 2.98. The molecule has 5 heteroatoms. The van der Waals surface area contributed by atoms with Gasteiger partial charge in [0.1, 0.15) is 11.5 Å². The van der Waals surface area contributed by atoms with E-state index in [9.17, 15) is 4.79 Å². The zero-order valence-electron chi connectivity index (χ0n) is 14.6. The van der Waals surface area contributed by atoms with Crippen molar-refractivity contribution in [2.45, 2.75) is 13.8 Å². The minimum Gasteiger partial charge on any atom is -0.461 e. The van der Waals surface area contributed by atoms with Crippen LogP contribution in [0, 0.1) is 6.92 Å². The molecule has 4 rings (SSSR count). The summed E-state index contributed by atoms with van der Waals surface area (Å²) in [5.74, 6) is 1.11. The number of nitrogens with one attached hydrogen (secondary N) is 1. The Balaban J connectivity index is 1.84. The second-order valence-electron chi connectivity index (χ2n) is 5.99. The van der Waals surface area contributed by atoms with Gasteiger partial charge in [0.05, 0.1) is 18.3 Å². The van der Waals surface area contributed by atoms with Gasteiger partial charge in [0.2, 0.25) is 0 Å². The van der Waals surface area contributed by atoms with E-state index >= 15 is 0 Å². The molecule has 0 atom stereocenters. The van der Waals surface area contributed by atoms with Gasteiger partial charge in [-0.3, -0.25) is 0 Å². The molecule has 0 fully saturated rings. The molecule has 4 aromatic rings. The molecule has 0 aliphatic carbocycles. The van der Waals surface area contributed by atoms with Crippen molar-refractivity contribution in [1.29, 1.82) is 0 Å². The Morgan fingerprint density at radius 3 is 2.65 bits per heavy atom. The molecule has 0 bridgehead atoms. The van der Waals surface area contributed by atoms with Gasteiger partial charge in [-0.25, -0.2) is 9.78 Å². The molecule has 2 aromatic carbocycles. The lowest BCUT2D eigenvalue weighted by Gasteiger charge is -2.07. The number of esters is 1. The number of fused-ring (bicyclic) bond motifs is 3. The number of carbonyl (C=O) groups is 1. The van der Waals surface area contributed by atoms with E-state index in [1.807, 2.05) is 55.5 Å². The first kappa shape index (κ1) is 16.1. The standard InChI is InChI=1S/C21H18N2O3/c1-3-25-21(24)20-13(2)19-16-11-15(26-14-7-5-4-6-8-14)9-10-17(16)23-18(19)12-22-20/h4-12,23H,3H2,1-2H3. The van der Waals surface area contributed by atoms with E-state index in [0.29, 0.717) is 12.3 Å². The maximum atomic E-state index is 12.2.